The summed E-state index contributed by atoms with van der Waals surface area (Å²) in [6.45, 7) is 4.20. The van der Waals surface area contributed by atoms with E-state index in [0.29, 0.717) is 37.2 Å². The Morgan fingerprint density at radius 1 is 1.21 bits per heavy atom. The number of rotatable bonds is 5. The molecule has 0 aromatic heterocycles. The Kier molecular flexibility index (Phi) is 5.74. The van der Waals surface area contributed by atoms with Gasteiger partial charge in [-0.15, -0.1) is 0 Å². The van der Waals surface area contributed by atoms with Crippen molar-refractivity contribution in [1.29, 1.82) is 0 Å². The third-order valence-electron chi connectivity index (χ3n) is 3.86. The molecule has 1 fully saturated rings. The Balaban J connectivity index is 1.89. The lowest BCUT2D eigenvalue weighted by atomic mass is 10.1. The Labute approximate surface area is 141 Å². The molecule has 8 heteroatoms. The van der Waals surface area contributed by atoms with E-state index in [9.17, 15) is 18.0 Å². The molecule has 0 bridgehead atoms. The average Bonchev–Trinajstić information content (AvgIpc) is 2.55. The van der Waals surface area contributed by atoms with Gasteiger partial charge in [0.2, 0.25) is 15.9 Å². The lowest BCUT2D eigenvalue weighted by Crippen LogP contribution is -2.46. The monoisotopic (exact) mass is 351 g/mol. The normalized spacial score (nSPS) is 16.4. The van der Waals surface area contributed by atoms with Crippen molar-refractivity contribution in [3.8, 4) is 0 Å². The maximum Gasteiger partial charge on any atom is 0.251 e. The molecule has 0 saturated carbocycles. The van der Waals surface area contributed by atoms with E-state index < -0.39 is 10.0 Å². The number of nitrogens with one attached hydrogen (secondary N) is 2. The predicted octanol–water partition coefficient (Wildman–Crippen LogP) is 0.965. The number of benzene rings is 1. The van der Waals surface area contributed by atoms with Crippen molar-refractivity contribution in [3.05, 3.63) is 42.5 Å². The molecule has 1 aromatic rings. The number of nitrogens with zero attached hydrogens (tertiary/aromatic N) is 1. The van der Waals surface area contributed by atoms with Crippen LogP contribution in [0.5, 0.6) is 0 Å². The number of anilines is 1. The van der Waals surface area contributed by atoms with E-state index >= 15 is 0 Å². The molecule has 7 nitrogen and oxygen atoms in total. The van der Waals surface area contributed by atoms with Crippen molar-refractivity contribution in [2.75, 3.05) is 24.7 Å². The molecule has 0 atom stereocenters. The fourth-order valence-corrected chi connectivity index (χ4v) is 3.37. The second-order valence-electron chi connectivity index (χ2n) is 5.68. The molecule has 0 aliphatic carbocycles. The first-order valence-corrected chi connectivity index (χ1v) is 9.44. The Morgan fingerprint density at radius 3 is 2.29 bits per heavy atom. The fraction of sp³-hybridized carbons (Fsp3) is 0.375. The molecule has 1 aromatic carbocycles. The first-order valence-electron chi connectivity index (χ1n) is 7.59. The van der Waals surface area contributed by atoms with Gasteiger partial charge in [-0.25, -0.2) is 12.7 Å². The maximum atomic E-state index is 12.2. The van der Waals surface area contributed by atoms with E-state index in [1.165, 1.54) is 16.6 Å². The molecule has 2 amide bonds. The maximum absolute atomic E-state index is 12.2. The van der Waals surface area contributed by atoms with Crippen LogP contribution in [0.4, 0.5) is 5.69 Å². The molecule has 1 aliphatic heterocycles. The first-order chi connectivity index (χ1) is 11.3. The highest BCUT2D eigenvalue weighted by Gasteiger charge is 2.25. The standard InChI is InChI=1S/C16H21N3O4S/c1-3-15(20)17-13-6-4-12(5-7-13)16(21)18-14-8-10-19(11-9-14)24(2,22)23/h3-7,14H,1,8-11H2,2H3,(H,17,20)(H,18,21). The van der Waals surface area contributed by atoms with Gasteiger partial charge >= 0.3 is 0 Å². The lowest BCUT2D eigenvalue weighted by Gasteiger charge is -2.30. The van der Waals surface area contributed by atoms with Crippen LogP contribution in [0.3, 0.4) is 0 Å². The van der Waals surface area contributed by atoms with Crippen LogP contribution in [0.15, 0.2) is 36.9 Å². The zero-order valence-corrected chi connectivity index (χ0v) is 14.3. The third-order valence-corrected chi connectivity index (χ3v) is 5.16. The number of sulfonamides is 1. The van der Waals surface area contributed by atoms with E-state index in [4.69, 9.17) is 0 Å². The van der Waals surface area contributed by atoms with Gasteiger partial charge in [0, 0.05) is 30.4 Å². The van der Waals surface area contributed by atoms with Gasteiger partial charge in [0.25, 0.3) is 5.91 Å². The summed E-state index contributed by atoms with van der Waals surface area (Å²) in [5.74, 6) is -0.528. The first kappa shape index (κ1) is 18.2. The van der Waals surface area contributed by atoms with Gasteiger partial charge in [0.05, 0.1) is 6.26 Å². The summed E-state index contributed by atoms with van der Waals surface area (Å²) in [7, 11) is -3.17. The van der Waals surface area contributed by atoms with Crippen LogP contribution < -0.4 is 10.6 Å². The van der Waals surface area contributed by atoms with Crippen LogP contribution in [-0.4, -0.2) is 49.9 Å². The molecule has 1 aliphatic rings. The summed E-state index contributed by atoms with van der Waals surface area (Å²) in [5, 5.41) is 5.52. The summed E-state index contributed by atoms with van der Waals surface area (Å²) >= 11 is 0. The average molecular weight is 351 g/mol. The summed E-state index contributed by atoms with van der Waals surface area (Å²) in [4.78, 5) is 23.4. The van der Waals surface area contributed by atoms with Crippen LogP contribution >= 0.6 is 0 Å². The number of piperidine rings is 1. The molecular formula is C16H21N3O4S. The van der Waals surface area contributed by atoms with Crippen molar-refractivity contribution in [2.45, 2.75) is 18.9 Å². The highest BCUT2D eigenvalue weighted by Crippen LogP contribution is 2.15. The number of hydrogen-bond donors (Lipinski definition) is 2. The van der Waals surface area contributed by atoms with Gasteiger partial charge in [0.15, 0.2) is 0 Å². The van der Waals surface area contributed by atoms with Crippen LogP contribution in [0, 0.1) is 0 Å². The largest absolute Gasteiger partial charge is 0.349 e. The molecule has 1 heterocycles. The van der Waals surface area contributed by atoms with Crippen molar-refractivity contribution in [2.24, 2.45) is 0 Å². The van der Waals surface area contributed by atoms with Crippen molar-refractivity contribution >= 4 is 27.5 Å². The van der Waals surface area contributed by atoms with Crippen LogP contribution in [0.1, 0.15) is 23.2 Å². The van der Waals surface area contributed by atoms with E-state index in [1.807, 2.05) is 0 Å². The van der Waals surface area contributed by atoms with Crippen molar-refractivity contribution < 1.29 is 18.0 Å². The van der Waals surface area contributed by atoms with Crippen molar-refractivity contribution in [1.82, 2.24) is 9.62 Å². The van der Waals surface area contributed by atoms with Crippen molar-refractivity contribution in [3.63, 3.8) is 0 Å². The number of amides is 2. The highest BCUT2D eigenvalue weighted by molar-refractivity contribution is 7.88. The third kappa shape index (κ3) is 4.90. The topological polar surface area (TPSA) is 95.6 Å². The number of hydrogen-bond acceptors (Lipinski definition) is 4. The summed E-state index contributed by atoms with van der Waals surface area (Å²) in [6.07, 6.45) is 3.54. The summed E-state index contributed by atoms with van der Waals surface area (Å²) in [6, 6.07) is 6.49. The van der Waals surface area contributed by atoms with Crippen LogP contribution in [-0.2, 0) is 14.8 Å². The second-order valence-corrected chi connectivity index (χ2v) is 7.66. The minimum Gasteiger partial charge on any atom is -0.349 e. The van der Waals surface area contributed by atoms with Crippen LogP contribution in [0.2, 0.25) is 0 Å². The van der Waals surface area contributed by atoms with Gasteiger partial charge in [-0.1, -0.05) is 6.58 Å². The van der Waals surface area contributed by atoms with Gasteiger partial charge in [-0.3, -0.25) is 9.59 Å². The zero-order chi connectivity index (χ0) is 17.7. The SMILES string of the molecule is C=CC(=O)Nc1ccc(C(=O)NC2CCN(S(C)(=O)=O)CC2)cc1. The molecule has 24 heavy (non-hydrogen) atoms. The highest BCUT2D eigenvalue weighted by atomic mass is 32.2. The second kappa shape index (κ2) is 7.59. The molecule has 0 unspecified atom stereocenters. The Morgan fingerprint density at radius 2 is 1.79 bits per heavy atom. The number of carbonyl (C=O) groups is 2. The van der Waals surface area contributed by atoms with Gasteiger partial charge in [-0.05, 0) is 43.2 Å². The van der Waals surface area contributed by atoms with Gasteiger partial charge < -0.3 is 10.6 Å². The molecule has 1 saturated heterocycles. The van der Waals surface area contributed by atoms with Crippen LogP contribution in [0.25, 0.3) is 0 Å². The quantitative estimate of drug-likeness (QED) is 0.773. The van der Waals surface area contributed by atoms with Gasteiger partial charge in [0.1, 0.15) is 0 Å². The fourth-order valence-electron chi connectivity index (χ4n) is 2.50. The van der Waals surface area contributed by atoms with E-state index in [0.717, 1.165) is 0 Å². The van der Waals surface area contributed by atoms with E-state index in [-0.39, 0.29) is 17.9 Å². The predicted molar refractivity (Wildman–Crippen MR) is 92.2 cm³/mol. The minimum absolute atomic E-state index is 0.0457. The Bertz CT molecular complexity index is 720. The molecule has 130 valence electrons. The number of carbonyl (C=O) groups excluding carboxylic acids is 2. The molecular weight excluding hydrogens is 330 g/mol. The smallest absolute Gasteiger partial charge is 0.251 e. The van der Waals surface area contributed by atoms with E-state index in [2.05, 4.69) is 17.2 Å². The molecule has 0 spiro atoms. The van der Waals surface area contributed by atoms with Gasteiger partial charge in [-0.2, -0.15) is 0 Å². The summed E-state index contributed by atoms with van der Waals surface area (Å²) in [5.41, 5.74) is 1.06. The minimum atomic E-state index is -3.17. The molecule has 0 radical (unpaired) electrons. The lowest BCUT2D eigenvalue weighted by molar-refractivity contribution is -0.111. The molecule has 2 rings (SSSR count). The zero-order valence-electron chi connectivity index (χ0n) is 13.5. The Hall–Kier alpha value is -2.19. The molecule has 2 N–H and O–H groups in total. The summed E-state index contributed by atoms with van der Waals surface area (Å²) < 4.78 is 24.4. The van der Waals surface area contributed by atoms with E-state index in [1.54, 1.807) is 24.3 Å².